The summed E-state index contributed by atoms with van der Waals surface area (Å²) in [6.07, 6.45) is -2.73. The van der Waals surface area contributed by atoms with Crippen molar-refractivity contribution in [2.75, 3.05) is 24.3 Å². The Morgan fingerprint density at radius 2 is 1.79 bits per heavy atom. The highest BCUT2D eigenvalue weighted by molar-refractivity contribution is 6.05. The summed E-state index contributed by atoms with van der Waals surface area (Å²) in [5, 5.41) is 3.41. The summed E-state index contributed by atoms with van der Waals surface area (Å²) >= 11 is 0. The molecule has 1 aromatic heterocycles. The molecule has 1 heterocycles. The molecule has 168 valence electrons. The molecule has 0 fully saturated rings. The Morgan fingerprint density at radius 1 is 1.00 bits per heavy atom. The monoisotopic (exact) mass is 450 g/mol. The second-order valence-corrected chi connectivity index (χ2v) is 7.90. The number of benzene rings is 3. The Kier molecular flexibility index (Phi) is 5.76. The van der Waals surface area contributed by atoms with Crippen molar-refractivity contribution >= 4 is 28.4 Å². The maximum absolute atomic E-state index is 13.0. The highest BCUT2D eigenvalue weighted by Gasteiger charge is 2.30. The minimum atomic E-state index is -4.48. The fourth-order valence-electron chi connectivity index (χ4n) is 3.46. The number of aromatic nitrogens is 2. The molecule has 0 bridgehead atoms. The third-order valence-corrected chi connectivity index (χ3v) is 5.23. The molecular weight excluding hydrogens is 429 g/mol. The normalized spacial score (nSPS) is 11.5. The van der Waals surface area contributed by atoms with Crippen molar-refractivity contribution in [3.63, 3.8) is 0 Å². The fourth-order valence-corrected chi connectivity index (χ4v) is 3.46. The highest BCUT2D eigenvalue weighted by Crippen LogP contribution is 2.31. The van der Waals surface area contributed by atoms with Gasteiger partial charge in [0, 0.05) is 36.9 Å². The molecule has 0 unspecified atom stereocenters. The van der Waals surface area contributed by atoms with Crippen LogP contribution < -0.4 is 10.2 Å². The Bertz CT molecular complexity index is 1350. The first-order valence-corrected chi connectivity index (χ1v) is 10.2. The largest absolute Gasteiger partial charge is 0.416 e. The molecule has 0 aliphatic carbocycles. The van der Waals surface area contributed by atoms with Gasteiger partial charge in [0.2, 0.25) is 5.95 Å². The summed E-state index contributed by atoms with van der Waals surface area (Å²) < 4.78 is 38.9. The number of fused-ring (bicyclic) bond motifs is 1. The number of alkyl halides is 3. The first kappa shape index (κ1) is 22.3. The minimum absolute atomic E-state index is 0.0801. The van der Waals surface area contributed by atoms with Gasteiger partial charge < -0.3 is 10.2 Å². The van der Waals surface area contributed by atoms with Crippen LogP contribution in [-0.2, 0) is 6.18 Å². The van der Waals surface area contributed by atoms with Crippen LogP contribution in [0, 0.1) is 6.92 Å². The van der Waals surface area contributed by atoms with Crippen LogP contribution in [0.15, 0.2) is 66.9 Å². The van der Waals surface area contributed by atoms with Gasteiger partial charge in [-0.05, 0) is 66.1 Å². The van der Waals surface area contributed by atoms with Crippen LogP contribution in [0.2, 0.25) is 0 Å². The lowest BCUT2D eigenvalue weighted by Crippen LogP contribution is -2.13. The van der Waals surface area contributed by atoms with Crippen molar-refractivity contribution in [3.05, 3.63) is 83.6 Å². The van der Waals surface area contributed by atoms with E-state index in [2.05, 4.69) is 15.3 Å². The molecule has 0 atom stereocenters. The van der Waals surface area contributed by atoms with E-state index in [1.807, 2.05) is 50.2 Å². The third-order valence-electron chi connectivity index (χ3n) is 5.23. The lowest BCUT2D eigenvalue weighted by atomic mass is 9.97. The van der Waals surface area contributed by atoms with Gasteiger partial charge in [0.25, 0.3) is 5.91 Å². The highest BCUT2D eigenvalue weighted by atomic mass is 19.4. The topological polar surface area (TPSA) is 58.1 Å². The van der Waals surface area contributed by atoms with Crippen LogP contribution in [0.25, 0.3) is 22.0 Å². The van der Waals surface area contributed by atoms with Crippen LogP contribution >= 0.6 is 0 Å². The van der Waals surface area contributed by atoms with Crippen molar-refractivity contribution in [2.24, 2.45) is 0 Å². The molecule has 4 rings (SSSR count). The van der Waals surface area contributed by atoms with Crippen LogP contribution in [-0.4, -0.2) is 30.0 Å². The third kappa shape index (κ3) is 4.79. The summed E-state index contributed by atoms with van der Waals surface area (Å²) in [6, 6.07) is 15.5. The first-order chi connectivity index (χ1) is 15.6. The van der Waals surface area contributed by atoms with E-state index in [4.69, 9.17) is 0 Å². The van der Waals surface area contributed by atoms with E-state index in [0.717, 1.165) is 39.7 Å². The molecule has 0 saturated carbocycles. The SMILES string of the molecule is Cc1ccc(C(=O)Nc2cccc(C(F)(F)F)c2)cc1-c1ccc2nc(N(C)C)ncc2c1. The summed E-state index contributed by atoms with van der Waals surface area (Å²) in [7, 11) is 3.74. The molecule has 1 amide bonds. The molecule has 3 aromatic carbocycles. The van der Waals surface area contributed by atoms with Gasteiger partial charge >= 0.3 is 6.18 Å². The Hall–Kier alpha value is -3.94. The molecular formula is C25H21F3N4O. The van der Waals surface area contributed by atoms with E-state index in [9.17, 15) is 18.0 Å². The molecule has 0 spiro atoms. The van der Waals surface area contributed by atoms with E-state index < -0.39 is 17.6 Å². The fraction of sp³-hybridized carbons (Fsp3) is 0.160. The van der Waals surface area contributed by atoms with Gasteiger partial charge in [0.05, 0.1) is 11.1 Å². The van der Waals surface area contributed by atoms with E-state index in [0.29, 0.717) is 11.5 Å². The number of rotatable bonds is 4. The van der Waals surface area contributed by atoms with Crippen molar-refractivity contribution in [1.29, 1.82) is 0 Å². The smallest absolute Gasteiger partial charge is 0.347 e. The lowest BCUT2D eigenvalue weighted by molar-refractivity contribution is -0.137. The Balaban J connectivity index is 1.64. The van der Waals surface area contributed by atoms with Gasteiger partial charge in [-0.25, -0.2) is 9.97 Å². The zero-order chi connectivity index (χ0) is 23.8. The van der Waals surface area contributed by atoms with E-state index in [-0.39, 0.29) is 5.69 Å². The average molecular weight is 450 g/mol. The Morgan fingerprint density at radius 3 is 2.52 bits per heavy atom. The first-order valence-electron chi connectivity index (χ1n) is 10.2. The van der Waals surface area contributed by atoms with E-state index >= 15 is 0 Å². The zero-order valence-electron chi connectivity index (χ0n) is 18.2. The van der Waals surface area contributed by atoms with Gasteiger partial charge in [-0.1, -0.05) is 18.2 Å². The van der Waals surface area contributed by atoms with Crippen LogP contribution in [0.4, 0.5) is 24.8 Å². The second-order valence-electron chi connectivity index (χ2n) is 7.90. The van der Waals surface area contributed by atoms with Crippen LogP contribution in [0.1, 0.15) is 21.5 Å². The van der Waals surface area contributed by atoms with Gasteiger partial charge in [-0.3, -0.25) is 4.79 Å². The molecule has 0 saturated heterocycles. The molecule has 8 heteroatoms. The number of carbonyl (C=O) groups is 1. The predicted octanol–water partition coefficient (Wildman–Crippen LogP) is 5.94. The summed E-state index contributed by atoms with van der Waals surface area (Å²) in [5.41, 5.74) is 3.08. The number of aryl methyl sites for hydroxylation is 1. The van der Waals surface area contributed by atoms with Gasteiger partial charge in [-0.15, -0.1) is 0 Å². The number of hydrogen-bond acceptors (Lipinski definition) is 4. The van der Waals surface area contributed by atoms with Crippen LogP contribution in [0.3, 0.4) is 0 Å². The number of nitrogens with zero attached hydrogens (tertiary/aromatic N) is 3. The molecule has 1 N–H and O–H groups in total. The molecule has 5 nitrogen and oxygen atoms in total. The number of amides is 1. The zero-order valence-corrected chi connectivity index (χ0v) is 18.2. The maximum atomic E-state index is 13.0. The van der Waals surface area contributed by atoms with Crippen LogP contribution in [0.5, 0.6) is 0 Å². The number of hydrogen-bond donors (Lipinski definition) is 1. The predicted molar refractivity (Wildman–Crippen MR) is 123 cm³/mol. The number of nitrogens with one attached hydrogen (secondary N) is 1. The number of anilines is 2. The Labute approximate surface area is 188 Å². The molecule has 0 radical (unpaired) electrons. The average Bonchev–Trinajstić information content (AvgIpc) is 2.78. The van der Waals surface area contributed by atoms with Crippen molar-refractivity contribution in [3.8, 4) is 11.1 Å². The van der Waals surface area contributed by atoms with E-state index in [1.165, 1.54) is 12.1 Å². The molecule has 0 aliphatic heterocycles. The quantitative estimate of drug-likeness (QED) is 0.418. The number of halogens is 3. The van der Waals surface area contributed by atoms with Gasteiger partial charge in [0.1, 0.15) is 0 Å². The van der Waals surface area contributed by atoms with Crippen molar-refractivity contribution in [1.82, 2.24) is 9.97 Å². The lowest BCUT2D eigenvalue weighted by Gasteiger charge is -2.13. The number of carbonyl (C=O) groups excluding carboxylic acids is 1. The van der Waals surface area contributed by atoms with Gasteiger partial charge in [0.15, 0.2) is 0 Å². The maximum Gasteiger partial charge on any atom is 0.416 e. The van der Waals surface area contributed by atoms with Crippen molar-refractivity contribution < 1.29 is 18.0 Å². The standard InChI is InChI=1S/C25H21F3N4O/c1-15-7-8-17(23(33)30-20-6-4-5-19(13-20)25(26,27)28)12-21(15)16-9-10-22-18(11-16)14-29-24(31-22)32(2)3/h4-14H,1-3H3,(H,30,33). The molecule has 4 aromatic rings. The van der Waals surface area contributed by atoms with Gasteiger partial charge in [-0.2, -0.15) is 13.2 Å². The van der Waals surface area contributed by atoms with E-state index in [1.54, 1.807) is 18.3 Å². The summed E-state index contributed by atoms with van der Waals surface area (Å²) in [6.45, 7) is 1.93. The molecule has 0 aliphatic rings. The molecule has 33 heavy (non-hydrogen) atoms. The minimum Gasteiger partial charge on any atom is -0.347 e. The summed E-state index contributed by atoms with van der Waals surface area (Å²) in [5.74, 6) is 0.120. The second kappa shape index (κ2) is 8.54. The van der Waals surface area contributed by atoms with Crippen molar-refractivity contribution in [2.45, 2.75) is 13.1 Å². The summed E-state index contributed by atoms with van der Waals surface area (Å²) in [4.78, 5) is 23.5.